The highest BCUT2D eigenvalue weighted by molar-refractivity contribution is 9.10. The Balaban J connectivity index is 2.28. The Bertz CT molecular complexity index is 593. The maximum Gasteiger partial charge on any atom is 0.167 e. The van der Waals surface area contributed by atoms with Crippen molar-refractivity contribution < 1.29 is 9.18 Å². The Morgan fingerprint density at radius 3 is 2.61 bits per heavy atom. The second-order valence-electron chi connectivity index (χ2n) is 4.10. The van der Waals surface area contributed by atoms with E-state index in [0.717, 1.165) is 10.0 Å². The van der Waals surface area contributed by atoms with Gasteiger partial charge in [0.05, 0.1) is 0 Å². The van der Waals surface area contributed by atoms with Crippen LogP contribution in [0.5, 0.6) is 0 Å². The van der Waals surface area contributed by atoms with Crippen LogP contribution in [0.25, 0.3) is 0 Å². The van der Waals surface area contributed by atoms with Gasteiger partial charge >= 0.3 is 0 Å². The molecule has 3 heteroatoms. The Kier molecular flexibility index (Phi) is 3.92. The molecule has 2 aromatic rings. The molecule has 0 fully saturated rings. The SMILES string of the molecule is Cc1c(Br)cccc1C(=O)Cc1ccccc1F. The minimum atomic E-state index is -0.335. The van der Waals surface area contributed by atoms with E-state index < -0.39 is 0 Å². The van der Waals surface area contributed by atoms with Crippen LogP contribution in [0.1, 0.15) is 21.5 Å². The number of hydrogen-bond donors (Lipinski definition) is 0. The lowest BCUT2D eigenvalue weighted by atomic mass is 9.99. The summed E-state index contributed by atoms with van der Waals surface area (Å²) in [5.74, 6) is -0.405. The summed E-state index contributed by atoms with van der Waals surface area (Å²) in [6, 6.07) is 11.8. The Morgan fingerprint density at radius 1 is 1.17 bits per heavy atom. The first-order valence-electron chi connectivity index (χ1n) is 5.61. The summed E-state index contributed by atoms with van der Waals surface area (Å²) < 4.78 is 14.4. The van der Waals surface area contributed by atoms with Gasteiger partial charge in [-0.15, -0.1) is 0 Å². The van der Waals surface area contributed by atoms with Crippen LogP contribution in [0, 0.1) is 12.7 Å². The van der Waals surface area contributed by atoms with Gasteiger partial charge in [-0.05, 0) is 30.2 Å². The Morgan fingerprint density at radius 2 is 1.89 bits per heavy atom. The zero-order chi connectivity index (χ0) is 13.1. The number of halogens is 2. The van der Waals surface area contributed by atoms with Gasteiger partial charge in [0.25, 0.3) is 0 Å². The summed E-state index contributed by atoms with van der Waals surface area (Å²) in [6.45, 7) is 1.87. The summed E-state index contributed by atoms with van der Waals surface area (Å²) in [5.41, 5.74) is 1.95. The van der Waals surface area contributed by atoms with E-state index >= 15 is 0 Å². The highest BCUT2D eigenvalue weighted by Gasteiger charge is 2.13. The van der Waals surface area contributed by atoms with Crippen LogP contribution in [0.3, 0.4) is 0 Å². The lowest BCUT2D eigenvalue weighted by Crippen LogP contribution is -2.07. The van der Waals surface area contributed by atoms with Crippen molar-refractivity contribution in [1.29, 1.82) is 0 Å². The number of rotatable bonds is 3. The first-order chi connectivity index (χ1) is 8.59. The molecule has 0 amide bonds. The van der Waals surface area contributed by atoms with E-state index in [4.69, 9.17) is 0 Å². The average Bonchev–Trinajstić information content (AvgIpc) is 2.35. The summed E-state index contributed by atoms with van der Waals surface area (Å²) in [5, 5.41) is 0. The van der Waals surface area contributed by atoms with Gasteiger partial charge < -0.3 is 0 Å². The summed E-state index contributed by atoms with van der Waals surface area (Å²) in [6.07, 6.45) is 0.0873. The highest BCUT2D eigenvalue weighted by Crippen LogP contribution is 2.21. The van der Waals surface area contributed by atoms with Gasteiger partial charge in [-0.1, -0.05) is 46.3 Å². The summed E-state index contributed by atoms with van der Waals surface area (Å²) in [4.78, 5) is 12.2. The molecule has 0 saturated carbocycles. The predicted molar refractivity (Wildman–Crippen MR) is 73.3 cm³/mol. The molecule has 0 aliphatic rings. The standard InChI is InChI=1S/C15H12BrFO/c1-10-12(6-4-7-13(10)16)15(18)9-11-5-2-3-8-14(11)17/h2-8H,9H2,1H3. The van der Waals surface area contributed by atoms with Crippen molar-refractivity contribution in [3.8, 4) is 0 Å². The van der Waals surface area contributed by atoms with Crippen LogP contribution >= 0.6 is 15.9 Å². The number of Topliss-reactive ketones (excluding diaryl/α,β-unsaturated/α-hetero) is 1. The van der Waals surface area contributed by atoms with Crippen molar-refractivity contribution in [2.24, 2.45) is 0 Å². The maximum atomic E-state index is 13.5. The van der Waals surface area contributed by atoms with Crippen molar-refractivity contribution >= 4 is 21.7 Å². The maximum absolute atomic E-state index is 13.5. The van der Waals surface area contributed by atoms with E-state index in [0.29, 0.717) is 11.1 Å². The van der Waals surface area contributed by atoms with Crippen molar-refractivity contribution in [2.45, 2.75) is 13.3 Å². The molecular formula is C15H12BrFO. The molecule has 0 aromatic heterocycles. The van der Waals surface area contributed by atoms with Crippen LogP contribution < -0.4 is 0 Å². The fourth-order valence-corrected chi connectivity index (χ4v) is 2.19. The lowest BCUT2D eigenvalue weighted by Gasteiger charge is -2.07. The van der Waals surface area contributed by atoms with E-state index in [-0.39, 0.29) is 18.0 Å². The van der Waals surface area contributed by atoms with Crippen LogP contribution in [0.4, 0.5) is 4.39 Å². The third-order valence-corrected chi connectivity index (χ3v) is 3.74. The van der Waals surface area contributed by atoms with Crippen LogP contribution in [-0.2, 0) is 6.42 Å². The fraction of sp³-hybridized carbons (Fsp3) is 0.133. The topological polar surface area (TPSA) is 17.1 Å². The predicted octanol–water partition coefficient (Wildman–Crippen LogP) is 4.32. The van der Waals surface area contributed by atoms with Gasteiger partial charge in [0.15, 0.2) is 5.78 Å². The van der Waals surface area contributed by atoms with Crippen molar-refractivity contribution in [3.05, 3.63) is 69.4 Å². The minimum absolute atomic E-state index is 0.0705. The van der Waals surface area contributed by atoms with Crippen LogP contribution in [0.2, 0.25) is 0 Å². The molecule has 2 rings (SSSR count). The van der Waals surface area contributed by atoms with Crippen LogP contribution in [-0.4, -0.2) is 5.78 Å². The largest absolute Gasteiger partial charge is 0.294 e. The molecule has 0 atom stereocenters. The van der Waals surface area contributed by atoms with Gasteiger partial charge in [-0.2, -0.15) is 0 Å². The minimum Gasteiger partial charge on any atom is -0.294 e. The third kappa shape index (κ3) is 2.67. The molecule has 0 spiro atoms. The smallest absolute Gasteiger partial charge is 0.167 e. The van der Waals surface area contributed by atoms with Gasteiger partial charge in [0, 0.05) is 16.5 Å². The third-order valence-electron chi connectivity index (χ3n) is 2.88. The van der Waals surface area contributed by atoms with Gasteiger partial charge in [-0.3, -0.25) is 4.79 Å². The van der Waals surface area contributed by atoms with E-state index in [1.807, 2.05) is 19.1 Å². The van der Waals surface area contributed by atoms with Crippen molar-refractivity contribution in [1.82, 2.24) is 0 Å². The zero-order valence-corrected chi connectivity index (χ0v) is 11.5. The first kappa shape index (κ1) is 13.0. The molecule has 0 bridgehead atoms. The molecule has 0 radical (unpaired) electrons. The van der Waals surface area contributed by atoms with E-state index in [1.54, 1.807) is 24.3 Å². The molecule has 2 aromatic carbocycles. The summed E-state index contributed by atoms with van der Waals surface area (Å²) in [7, 11) is 0. The quantitative estimate of drug-likeness (QED) is 0.772. The first-order valence-corrected chi connectivity index (χ1v) is 6.40. The molecule has 92 valence electrons. The van der Waals surface area contributed by atoms with Gasteiger partial charge in [0.1, 0.15) is 5.82 Å². The fourth-order valence-electron chi connectivity index (χ4n) is 1.82. The zero-order valence-electron chi connectivity index (χ0n) is 9.91. The molecular weight excluding hydrogens is 295 g/mol. The number of ketones is 1. The van der Waals surface area contributed by atoms with Crippen molar-refractivity contribution in [3.63, 3.8) is 0 Å². The number of carbonyl (C=O) groups excluding carboxylic acids is 1. The normalized spacial score (nSPS) is 10.4. The second kappa shape index (κ2) is 5.44. The van der Waals surface area contributed by atoms with Gasteiger partial charge in [-0.25, -0.2) is 4.39 Å². The van der Waals surface area contributed by atoms with Crippen LogP contribution in [0.15, 0.2) is 46.9 Å². The molecule has 0 saturated heterocycles. The molecule has 0 heterocycles. The number of hydrogen-bond acceptors (Lipinski definition) is 1. The lowest BCUT2D eigenvalue weighted by molar-refractivity contribution is 0.0991. The van der Waals surface area contributed by atoms with E-state index in [1.165, 1.54) is 6.07 Å². The molecule has 0 unspecified atom stereocenters. The molecule has 18 heavy (non-hydrogen) atoms. The van der Waals surface area contributed by atoms with Crippen molar-refractivity contribution in [2.75, 3.05) is 0 Å². The molecule has 0 aliphatic heterocycles. The molecule has 1 nitrogen and oxygen atoms in total. The molecule has 0 aliphatic carbocycles. The van der Waals surface area contributed by atoms with E-state index in [9.17, 15) is 9.18 Å². The average molecular weight is 307 g/mol. The monoisotopic (exact) mass is 306 g/mol. The Hall–Kier alpha value is -1.48. The Labute approximate surface area is 114 Å². The molecule has 0 N–H and O–H groups in total. The van der Waals surface area contributed by atoms with Gasteiger partial charge in [0.2, 0.25) is 0 Å². The number of benzene rings is 2. The second-order valence-corrected chi connectivity index (χ2v) is 4.96. The highest BCUT2D eigenvalue weighted by atomic mass is 79.9. The van der Waals surface area contributed by atoms with E-state index in [2.05, 4.69) is 15.9 Å². The number of carbonyl (C=O) groups is 1. The summed E-state index contributed by atoms with van der Waals surface area (Å²) >= 11 is 3.39.